The molecule has 0 saturated carbocycles. The number of hydrogen-bond donors (Lipinski definition) is 0. The second-order valence-corrected chi connectivity index (χ2v) is 11.3. The van der Waals surface area contributed by atoms with Gasteiger partial charge in [-0.2, -0.15) is 0 Å². The van der Waals surface area contributed by atoms with Gasteiger partial charge in [0.2, 0.25) is 0 Å². The molecular weight excluding hydrogens is 410 g/mol. The Balaban J connectivity index is 3.82. The fraction of sp³-hybridized carbons (Fsp3) is 1.00. The summed E-state index contributed by atoms with van der Waals surface area (Å²) in [6.07, 6.45) is 39.1. The summed E-state index contributed by atoms with van der Waals surface area (Å²) in [5.41, 5.74) is 0. The van der Waals surface area contributed by atoms with Crippen molar-refractivity contribution in [2.24, 2.45) is 0 Å². The van der Waals surface area contributed by atoms with Gasteiger partial charge in [-0.3, -0.25) is 0 Å². The molecule has 206 valence electrons. The normalized spacial score (nSPS) is 11.6. The zero-order valence-electron chi connectivity index (χ0n) is 24.7. The SMILES string of the molecule is CCCCCCCCCCCCN(CCCCCCCCC)CCCCCCCCCCCC. The van der Waals surface area contributed by atoms with Crippen LogP contribution in [0, 0.1) is 0 Å². The third-order valence-electron chi connectivity index (χ3n) is 7.73. The maximum Gasteiger partial charge on any atom is -0.00187 e. The number of hydrogen-bond acceptors (Lipinski definition) is 1. The number of nitrogens with zero attached hydrogens (tertiary/aromatic N) is 1. The van der Waals surface area contributed by atoms with Crippen LogP contribution in [-0.4, -0.2) is 24.5 Å². The summed E-state index contributed by atoms with van der Waals surface area (Å²) in [7, 11) is 0. The average Bonchev–Trinajstić information content (AvgIpc) is 2.85. The highest BCUT2D eigenvalue weighted by molar-refractivity contribution is 4.61. The molecule has 0 aromatic rings. The van der Waals surface area contributed by atoms with E-state index < -0.39 is 0 Å². The van der Waals surface area contributed by atoms with Crippen molar-refractivity contribution in [3.05, 3.63) is 0 Å². The summed E-state index contributed by atoms with van der Waals surface area (Å²) in [5, 5.41) is 0. The first kappa shape index (κ1) is 34.0. The van der Waals surface area contributed by atoms with E-state index in [0.717, 1.165) is 0 Å². The van der Waals surface area contributed by atoms with Crippen LogP contribution in [0.3, 0.4) is 0 Å². The zero-order chi connectivity index (χ0) is 24.8. The smallest absolute Gasteiger partial charge is 0.00187 e. The first-order valence-electron chi connectivity index (χ1n) is 16.6. The largest absolute Gasteiger partial charge is 0.303 e. The summed E-state index contributed by atoms with van der Waals surface area (Å²) in [6, 6.07) is 0. The van der Waals surface area contributed by atoms with Crippen molar-refractivity contribution in [1.82, 2.24) is 4.90 Å². The van der Waals surface area contributed by atoms with Crippen LogP contribution in [0.5, 0.6) is 0 Å². The fourth-order valence-electron chi connectivity index (χ4n) is 5.27. The van der Waals surface area contributed by atoms with Crippen LogP contribution in [0.15, 0.2) is 0 Å². The minimum Gasteiger partial charge on any atom is -0.303 e. The number of rotatable bonds is 30. The quantitative estimate of drug-likeness (QED) is 0.0925. The molecule has 0 fully saturated rings. The highest BCUT2D eigenvalue weighted by Gasteiger charge is 2.05. The maximum atomic E-state index is 2.83. The first-order chi connectivity index (χ1) is 16.8. The monoisotopic (exact) mass is 480 g/mol. The van der Waals surface area contributed by atoms with Crippen LogP contribution in [-0.2, 0) is 0 Å². The minimum absolute atomic E-state index is 1.36. The minimum atomic E-state index is 1.36. The van der Waals surface area contributed by atoms with E-state index in [4.69, 9.17) is 0 Å². The van der Waals surface area contributed by atoms with Gasteiger partial charge in [-0.05, 0) is 38.9 Å². The molecule has 0 radical (unpaired) electrons. The molecule has 0 saturated heterocycles. The van der Waals surface area contributed by atoms with Gasteiger partial charge < -0.3 is 4.90 Å². The van der Waals surface area contributed by atoms with Gasteiger partial charge in [-0.1, -0.05) is 175 Å². The van der Waals surface area contributed by atoms with Crippen molar-refractivity contribution >= 4 is 0 Å². The lowest BCUT2D eigenvalue weighted by Gasteiger charge is -2.22. The summed E-state index contributed by atoms with van der Waals surface area (Å²) in [6.45, 7) is 11.0. The molecule has 0 aliphatic heterocycles. The molecule has 0 aliphatic rings. The molecule has 0 aromatic heterocycles. The molecule has 0 N–H and O–H groups in total. The van der Waals surface area contributed by atoms with Crippen molar-refractivity contribution in [2.75, 3.05) is 19.6 Å². The van der Waals surface area contributed by atoms with E-state index >= 15 is 0 Å². The van der Waals surface area contributed by atoms with Gasteiger partial charge in [0, 0.05) is 0 Å². The Morgan fingerprint density at radius 2 is 0.412 bits per heavy atom. The van der Waals surface area contributed by atoms with Gasteiger partial charge in [-0.15, -0.1) is 0 Å². The Morgan fingerprint density at radius 1 is 0.235 bits per heavy atom. The van der Waals surface area contributed by atoms with E-state index in [1.807, 2.05) is 0 Å². The summed E-state index contributed by atoms with van der Waals surface area (Å²) in [5.74, 6) is 0. The predicted molar refractivity (Wildman–Crippen MR) is 158 cm³/mol. The molecule has 0 unspecified atom stereocenters. The average molecular weight is 480 g/mol. The Kier molecular flexibility index (Phi) is 31.0. The molecule has 0 amide bonds. The lowest BCUT2D eigenvalue weighted by atomic mass is 10.1. The van der Waals surface area contributed by atoms with Gasteiger partial charge in [0.1, 0.15) is 0 Å². The summed E-state index contributed by atoms with van der Waals surface area (Å²) in [4.78, 5) is 2.83. The maximum absolute atomic E-state index is 2.83. The number of unbranched alkanes of at least 4 members (excludes halogenated alkanes) is 24. The second-order valence-electron chi connectivity index (χ2n) is 11.3. The third kappa shape index (κ3) is 28.2. The van der Waals surface area contributed by atoms with Crippen molar-refractivity contribution in [1.29, 1.82) is 0 Å². The first-order valence-corrected chi connectivity index (χ1v) is 16.6. The standard InChI is InChI=1S/C33H69N/c1-4-7-10-13-16-18-20-23-26-29-32-34(31-28-25-22-15-12-9-6-3)33-30-27-24-21-19-17-14-11-8-5-2/h4-33H2,1-3H3. The Labute approximate surface area is 218 Å². The molecule has 0 aliphatic carbocycles. The van der Waals surface area contributed by atoms with E-state index in [1.54, 1.807) is 0 Å². The van der Waals surface area contributed by atoms with Gasteiger partial charge in [-0.25, -0.2) is 0 Å². The lowest BCUT2D eigenvalue weighted by Crippen LogP contribution is -2.27. The Bertz CT molecular complexity index is 315. The van der Waals surface area contributed by atoms with Gasteiger partial charge in [0.15, 0.2) is 0 Å². The van der Waals surface area contributed by atoms with Crippen molar-refractivity contribution in [2.45, 2.75) is 194 Å². The van der Waals surface area contributed by atoms with Crippen LogP contribution >= 0.6 is 0 Å². The van der Waals surface area contributed by atoms with Crippen molar-refractivity contribution in [3.63, 3.8) is 0 Å². The zero-order valence-corrected chi connectivity index (χ0v) is 24.7. The van der Waals surface area contributed by atoms with E-state index in [1.165, 1.54) is 193 Å². The van der Waals surface area contributed by atoms with Gasteiger partial charge in [0.25, 0.3) is 0 Å². The Hall–Kier alpha value is -0.0400. The summed E-state index contributed by atoms with van der Waals surface area (Å²) >= 11 is 0. The van der Waals surface area contributed by atoms with Crippen LogP contribution in [0.4, 0.5) is 0 Å². The third-order valence-corrected chi connectivity index (χ3v) is 7.73. The van der Waals surface area contributed by atoms with E-state index in [0.29, 0.717) is 0 Å². The molecular formula is C33H69N. The molecule has 0 aromatic carbocycles. The topological polar surface area (TPSA) is 3.24 Å². The van der Waals surface area contributed by atoms with Gasteiger partial charge >= 0.3 is 0 Å². The van der Waals surface area contributed by atoms with Crippen molar-refractivity contribution < 1.29 is 0 Å². The van der Waals surface area contributed by atoms with E-state index in [9.17, 15) is 0 Å². The van der Waals surface area contributed by atoms with Crippen LogP contribution < -0.4 is 0 Å². The lowest BCUT2D eigenvalue weighted by molar-refractivity contribution is 0.254. The second kappa shape index (κ2) is 31.0. The van der Waals surface area contributed by atoms with Crippen LogP contribution in [0.1, 0.15) is 194 Å². The molecule has 0 bridgehead atoms. The molecule has 0 atom stereocenters. The Morgan fingerprint density at radius 3 is 0.618 bits per heavy atom. The fourth-order valence-corrected chi connectivity index (χ4v) is 5.27. The summed E-state index contributed by atoms with van der Waals surface area (Å²) < 4.78 is 0. The molecule has 0 rings (SSSR count). The highest BCUT2D eigenvalue weighted by atomic mass is 15.1. The molecule has 0 spiro atoms. The molecule has 34 heavy (non-hydrogen) atoms. The molecule has 1 nitrogen and oxygen atoms in total. The molecule has 1 heteroatoms. The van der Waals surface area contributed by atoms with Crippen molar-refractivity contribution in [3.8, 4) is 0 Å². The van der Waals surface area contributed by atoms with E-state index in [2.05, 4.69) is 25.7 Å². The predicted octanol–water partition coefficient (Wildman–Crippen LogP) is 11.9. The van der Waals surface area contributed by atoms with Gasteiger partial charge in [0.05, 0.1) is 0 Å². The highest BCUT2D eigenvalue weighted by Crippen LogP contribution is 2.14. The van der Waals surface area contributed by atoms with E-state index in [-0.39, 0.29) is 0 Å². The van der Waals surface area contributed by atoms with Crippen LogP contribution in [0.2, 0.25) is 0 Å². The molecule has 0 heterocycles. The van der Waals surface area contributed by atoms with Crippen LogP contribution in [0.25, 0.3) is 0 Å².